The number of aryl methyl sites for hydroxylation is 1. The first-order chi connectivity index (χ1) is 11.7. The molecule has 0 aliphatic carbocycles. The Hall–Kier alpha value is -2.18. The molecule has 3 aromatic rings. The Morgan fingerprint density at radius 2 is 2.00 bits per heavy atom. The van der Waals surface area contributed by atoms with Crippen molar-refractivity contribution < 1.29 is 4.74 Å². The normalized spacial score (nSPS) is 10.6. The summed E-state index contributed by atoms with van der Waals surface area (Å²) in [7, 11) is 1.66. The zero-order valence-corrected chi connectivity index (χ0v) is 15.3. The summed E-state index contributed by atoms with van der Waals surface area (Å²) in [5, 5.41) is 8.20. The van der Waals surface area contributed by atoms with E-state index in [-0.39, 0.29) is 0 Å². The number of nitrogens with zero attached hydrogens (tertiary/aromatic N) is 1. The van der Waals surface area contributed by atoms with Crippen molar-refractivity contribution in [3.63, 3.8) is 0 Å². The number of rotatable bonds is 5. The first kappa shape index (κ1) is 16.7. The summed E-state index contributed by atoms with van der Waals surface area (Å²) in [6.07, 6.45) is 0.962. The van der Waals surface area contributed by atoms with Crippen LogP contribution in [-0.4, -0.2) is 17.2 Å². The third-order valence-electron chi connectivity index (χ3n) is 3.61. The molecule has 0 spiro atoms. The van der Waals surface area contributed by atoms with E-state index < -0.39 is 0 Å². The van der Waals surface area contributed by atoms with Crippen molar-refractivity contribution >= 4 is 44.6 Å². The molecule has 1 heterocycles. The van der Waals surface area contributed by atoms with Gasteiger partial charge in [-0.2, -0.15) is 0 Å². The van der Waals surface area contributed by atoms with Crippen LogP contribution in [0.1, 0.15) is 17.5 Å². The maximum atomic E-state index is 5.38. The van der Waals surface area contributed by atoms with Gasteiger partial charge in [0.15, 0.2) is 5.11 Å². The maximum absolute atomic E-state index is 5.38. The van der Waals surface area contributed by atoms with Crippen LogP contribution < -0.4 is 15.4 Å². The molecule has 0 saturated heterocycles. The number of thiazole rings is 1. The van der Waals surface area contributed by atoms with Crippen molar-refractivity contribution in [3.05, 3.63) is 53.0 Å². The molecule has 2 N–H and O–H groups in total. The molecule has 24 heavy (non-hydrogen) atoms. The number of methoxy groups -OCH3 is 1. The lowest BCUT2D eigenvalue weighted by Gasteiger charge is -2.11. The van der Waals surface area contributed by atoms with Crippen LogP contribution in [-0.2, 0) is 13.0 Å². The van der Waals surface area contributed by atoms with Crippen molar-refractivity contribution in [3.8, 4) is 5.75 Å². The standard InChI is InChI=1S/C18H19N3OS2/c1-3-17-21-15-9-6-13(10-16(15)24-17)20-18(23)19-11-12-4-7-14(22-2)8-5-12/h4-10H,3,11H2,1-2H3,(H2,19,20,23). The highest BCUT2D eigenvalue weighted by Gasteiger charge is 2.04. The van der Waals surface area contributed by atoms with E-state index in [0.717, 1.165) is 33.9 Å². The molecule has 6 heteroatoms. The van der Waals surface area contributed by atoms with E-state index in [4.69, 9.17) is 17.0 Å². The number of aromatic nitrogens is 1. The van der Waals surface area contributed by atoms with Crippen molar-refractivity contribution in [2.24, 2.45) is 0 Å². The molecule has 3 rings (SSSR count). The van der Waals surface area contributed by atoms with Gasteiger partial charge in [0.05, 0.1) is 22.3 Å². The lowest BCUT2D eigenvalue weighted by atomic mass is 10.2. The Labute approximate surface area is 150 Å². The van der Waals surface area contributed by atoms with Gasteiger partial charge in [0.25, 0.3) is 0 Å². The lowest BCUT2D eigenvalue weighted by molar-refractivity contribution is 0.414. The Morgan fingerprint density at radius 3 is 2.71 bits per heavy atom. The molecule has 0 aliphatic heterocycles. The smallest absolute Gasteiger partial charge is 0.171 e. The van der Waals surface area contributed by atoms with Crippen LogP contribution in [0.3, 0.4) is 0 Å². The van der Waals surface area contributed by atoms with Crippen LogP contribution >= 0.6 is 23.6 Å². The number of anilines is 1. The first-order valence-electron chi connectivity index (χ1n) is 7.75. The molecular weight excluding hydrogens is 338 g/mol. The minimum Gasteiger partial charge on any atom is -0.497 e. The van der Waals surface area contributed by atoms with Crippen molar-refractivity contribution in [1.82, 2.24) is 10.3 Å². The summed E-state index contributed by atoms with van der Waals surface area (Å²) in [6, 6.07) is 14.0. The minimum absolute atomic E-state index is 0.602. The van der Waals surface area contributed by atoms with Crippen LogP contribution in [0.5, 0.6) is 5.75 Å². The number of nitrogens with one attached hydrogen (secondary N) is 2. The van der Waals surface area contributed by atoms with Crippen molar-refractivity contribution in [2.75, 3.05) is 12.4 Å². The highest BCUT2D eigenvalue weighted by molar-refractivity contribution is 7.80. The molecule has 1 aromatic heterocycles. The second kappa shape index (κ2) is 7.59. The fraction of sp³-hybridized carbons (Fsp3) is 0.222. The van der Waals surface area contributed by atoms with Gasteiger partial charge in [-0.1, -0.05) is 19.1 Å². The van der Waals surface area contributed by atoms with Gasteiger partial charge in [0.2, 0.25) is 0 Å². The predicted molar refractivity (Wildman–Crippen MR) is 105 cm³/mol. The van der Waals surface area contributed by atoms with Gasteiger partial charge in [0.1, 0.15) is 5.75 Å². The molecule has 124 valence electrons. The highest BCUT2D eigenvalue weighted by Crippen LogP contribution is 2.25. The molecule has 0 amide bonds. The van der Waals surface area contributed by atoms with Crippen LogP contribution in [0.25, 0.3) is 10.2 Å². The monoisotopic (exact) mass is 357 g/mol. The fourth-order valence-electron chi connectivity index (χ4n) is 2.30. The molecule has 0 radical (unpaired) electrons. The lowest BCUT2D eigenvalue weighted by Crippen LogP contribution is -2.27. The van der Waals surface area contributed by atoms with Crippen molar-refractivity contribution in [2.45, 2.75) is 19.9 Å². The van der Waals surface area contributed by atoms with Gasteiger partial charge in [-0.25, -0.2) is 4.98 Å². The average Bonchev–Trinajstić information content (AvgIpc) is 3.03. The second-order valence-electron chi connectivity index (χ2n) is 5.30. The summed E-state index contributed by atoms with van der Waals surface area (Å²) >= 11 is 7.10. The molecule has 0 bridgehead atoms. The van der Waals surface area contributed by atoms with Gasteiger partial charge in [-0.3, -0.25) is 0 Å². The van der Waals surface area contributed by atoms with E-state index in [1.807, 2.05) is 36.4 Å². The van der Waals surface area contributed by atoms with Crippen LogP contribution in [0.15, 0.2) is 42.5 Å². The Balaban J connectivity index is 1.59. The second-order valence-corrected chi connectivity index (χ2v) is 6.82. The van der Waals surface area contributed by atoms with E-state index >= 15 is 0 Å². The first-order valence-corrected chi connectivity index (χ1v) is 8.97. The van der Waals surface area contributed by atoms with E-state index in [1.54, 1.807) is 18.4 Å². The van der Waals surface area contributed by atoms with Gasteiger partial charge in [-0.05, 0) is 54.5 Å². The minimum atomic E-state index is 0.602. The molecule has 0 unspecified atom stereocenters. The zero-order chi connectivity index (χ0) is 16.9. The van der Waals surface area contributed by atoms with Gasteiger partial charge < -0.3 is 15.4 Å². The van der Waals surface area contributed by atoms with E-state index in [1.165, 1.54) is 4.70 Å². The number of ether oxygens (including phenoxy) is 1. The topological polar surface area (TPSA) is 46.2 Å². The zero-order valence-electron chi connectivity index (χ0n) is 13.6. The summed E-state index contributed by atoms with van der Waals surface area (Å²) in [5.41, 5.74) is 3.16. The maximum Gasteiger partial charge on any atom is 0.171 e. The summed E-state index contributed by atoms with van der Waals surface area (Å²) in [6.45, 7) is 2.79. The van der Waals surface area contributed by atoms with E-state index in [9.17, 15) is 0 Å². The molecule has 0 aliphatic rings. The highest BCUT2D eigenvalue weighted by atomic mass is 32.1. The fourth-order valence-corrected chi connectivity index (χ4v) is 3.44. The Kier molecular flexibility index (Phi) is 5.27. The SMILES string of the molecule is CCc1nc2ccc(NC(=S)NCc3ccc(OC)cc3)cc2s1. The van der Waals surface area contributed by atoms with E-state index in [0.29, 0.717) is 11.7 Å². The summed E-state index contributed by atoms with van der Waals surface area (Å²) in [4.78, 5) is 4.57. The van der Waals surface area contributed by atoms with Gasteiger partial charge >= 0.3 is 0 Å². The van der Waals surface area contributed by atoms with Crippen LogP contribution in [0, 0.1) is 0 Å². The third kappa shape index (κ3) is 4.01. The summed E-state index contributed by atoms with van der Waals surface area (Å²) < 4.78 is 6.33. The Morgan fingerprint density at radius 1 is 1.21 bits per heavy atom. The predicted octanol–water partition coefficient (Wildman–Crippen LogP) is 4.35. The molecule has 4 nitrogen and oxygen atoms in total. The molecular formula is C18H19N3OS2. The quantitative estimate of drug-likeness (QED) is 0.665. The number of thiocarbonyl (C=S) groups is 1. The number of fused-ring (bicyclic) bond motifs is 1. The Bertz CT molecular complexity index is 843. The van der Waals surface area contributed by atoms with Crippen LogP contribution in [0.2, 0.25) is 0 Å². The number of hydrogen-bond donors (Lipinski definition) is 2. The molecule has 0 atom stereocenters. The van der Waals surface area contributed by atoms with Gasteiger partial charge in [0, 0.05) is 12.2 Å². The molecule has 0 fully saturated rings. The van der Waals surface area contributed by atoms with Gasteiger partial charge in [-0.15, -0.1) is 11.3 Å². The third-order valence-corrected chi connectivity index (χ3v) is 5.01. The van der Waals surface area contributed by atoms with Crippen LogP contribution in [0.4, 0.5) is 5.69 Å². The molecule has 0 saturated carbocycles. The summed E-state index contributed by atoms with van der Waals surface area (Å²) in [5.74, 6) is 0.851. The number of hydrogen-bond acceptors (Lipinski definition) is 4. The average molecular weight is 358 g/mol. The number of benzene rings is 2. The van der Waals surface area contributed by atoms with Crippen molar-refractivity contribution in [1.29, 1.82) is 0 Å². The van der Waals surface area contributed by atoms with E-state index in [2.05, 4.69) is 28.6 Å². The largest absolute Gasteiger partial charge is 0.497 e. The molecule has 2 aromatic carbocycles.